The van der Waals surface area contributed by atoms with Gasteiger partial charge < -0.3 is 15.1 Å². The number of carbonyl (C=O) groups excluding carboxylic acids is 1. The van der Waals surface area contributed by atoms with Crippen LogP contribution in [0.5, 0.6) is 0 Å². The van der Waals surface area contributed by atoms with Crippen LogP contribution in [-0.4, -0.2) is 54.5 Å². The second-order valence-electron chi connectivity index (χ2n) is 7.32. The highest BCUT2D eigenvalue weighted by Crippen LogP contribution is 2.25. The molecule has 2 aliphatic heterocycles. The first kappa shape index (κ1) is 19.1. The maximum atomic E-state index is 11.9. The second-order valence-corrected chi connectivity index (χ2v) is 8.66. The molecule has 0 aromatic heterocycles. The molecule has 1 unspecified atom stereocenters. The third kappa shape index (κ3) is 4.53. The van der Waals surface area contributed by atoms with E-state index in [9.17, 15) is 4.79 Å². The van der Waals surface area contributed by atoms with Crippen molar-refractivity contribution in [3.8, 4) is 0 Å². The van der Waals surface area contributed by atoms with E-state index in [4.69, 9.17) is 0 Å². The number of guanidine groups is 1. The average Bonchev–Trinajstić information content (AvgIpc) is 3.09. The molecule has 2 saturated heterocycles. The van der Waals surface area contributed by atoms with Gasteiger partial charge in [-0.3, -0.25) is 9.79 Å². The third-order valence-corrected chi connectivity index (χ3v) is 6.66. The van der Waals surface area contributed by atoms with Gasteiger partial charge in [-0.25, -0.2) is 0 Å². The van der Waals surface area contributed by atoms with Crippen molar-refractivity contribution in [2.24, 2.45) is 10.9 Å². The molecule has 1 aromatic carbocycles. The molecule has 0 aliphatic carbocycles. The molecular weight excluding hydrogens is 344 g/mol. The van der Waals surface area contributed by atoms with E-state index in [1.165, 1.54) is 5.56 Å². The van der Waals surface area contributed by atoms with Gasteiger partial charge in [-0.05, 0) is 30.0 Å². The number of carbonyl (C=O) groups is 1. The molecule has 1 atom stereocenters. The monoisotopic (exact) mass is 374 g/mol. The molecule has 0 saturated carbocycles. The van der Waals surface area contributed by atoms with E-state index in [0.717, 1.165) is 50.0 Å². The Bertz CT molecular complexity index is 644. The van der Waals surface area contributed by atoms with Crippen LogP contribution in [0, 0.1) is 5.92 Å². The summed E-state index contributed by atoms with van der Waals surface area (Å²) in [6, 6.07) is 8.30. The average molecular weight is 375 g/mol. The van der Waals surface area contributed by atoms with Crippen molar-refractivity contribution in [2.45, 2.75) is 38.5 Å². The minimum Gasteiger partial charge on any atom is -0.352 e. The number of nitrogens with one attached hydrogen (secondary N) is 1. The van der Waals surface area contributed by atoms with Crippen LogP contribution in [0.15, 0.2) is 29.3 Å². The lowest BCUT2D eigenvalue weighted by atomic mass is 10.1. The van der Waals surface area contributed by atoms with Crippen molar-refractivity contribution in [1.29, 1.82) is 0 Å². The van der Waals surface area contributed by atoms with E-state index in [0.29, 0.717) is 17.6 Å². The van der Waals surface area contributed by atoms with Crippen LogP contribution in [0.4, 0.5) is 5.69 Å². The van der Waals surface area contributed by atoms with E-state index in [1.807, 2.05) is 11.9 Å². The van der Waals surface area contributed by atoms with Crippen molar-refractivity contribution >= 4 is 29.3 Å². The Morgan fingerprint density at radius 1 is 1.31 bits per heavy atom. The zero-order valence-electron chi connectivity index (χ0n) is 16.1. The maximum absolute atomic E-state index is 11.9. The number of anilines is 1. The maximum Gasteiger partial charge on any atom is 0.227 e. The van der Waals surface area contributed by atoms with E-state index in [-0.39, 0.29) is 5.91 Å². The normalized spacial score (nSPS) is 21.6. The number of benzene rings is 1. The quantitative estimate of drug-likeness (QED) is 0.650. The summed E-state index contributed by atoms with van der Waals surface area (Å²) < 4.78 is 0. The molecule has 3 rings (SSSR count). The minimum atomic E-state index is 0.235. The first-order valence-corrected chi connectivity index (χ1v) is 10.6. The fourth-order valence-corrected chi connectivity index (χ4v) is 4.80. The van der Waals surface area contributed by atoms with Gasteiger partial charge in [0.25, 0.3) is 0 Å². The number of hydrogen-bond donors (Lipinski definition) is 1. The van der Waals surface area contributed by atoms with Crippen LogP contribution < -0.4 is 10.2 Å². The van der Waals surface area contributed by atoms with Gasteiger partial charge in [0, 0.05) is 56.3 Å². The first-order valence-electron chi connectivity index (χ1n) is 9.55. The van der Waals surface area contributed by atoms with Gasteiger partial charge in [0.1, 0.15) is 0 Å². The van der Waals surface area contributed by atoms with E-state index in [2.05, 4.69) is 65.1 Å². The summed E-state index contributed by atoms with van der Waals surface area (Å²) in [6.07, 6.45) is 1.63. The van der Waals surface area contributed by atoms with Crippen molar-refractivity contribution < 1.29 is 4.79 Å². The molecule has 1 N–H and O–H groups in total. The molecule has 2 fully saturated rings. The van der Waals surface area contributed by atoms with Gasteiger partial charge in [0.05, 0.1) is 0 Å². The fourth-order valence-electron chi connectivity index (χ4n) is 3.50. The van der Waals surface area contributed by atoms with E-state index in [1.54, 1.807) is 0 Å². The standard InChI is InChI=1S/C20H30N4OS/c1-15(2)18-14-23(11-12-26-18)20(21-3)22-13-16-6-8-17(9-7-16)24-10-4-5-19(24)25/h6-9,15,18H,4-5,10-14H2,1-3H3,(H,21,22). The highest BCUT2D eigenvalue weighted by atomic mass is 32.2. The molecule has 2 aliphatic rings. The third-order valence-electron chi connectivity index (χ3n) is 5.12. The summed E-state index contributed by atoms with van der Waals surface area (Å²) in [6.45, 7) is 8.28. The Morgan fingerprint density at radius 3 is 2.69 bits per heavy atom. The van der Waals surface area contributed by atoms with Crippen LogP contribution in [0.25, 0.3) is 0 Å². The number of aliphatic imine (C=N–C) groups is 1. The lowest BCUT2D eigenvalue weighted by molar-refractivity contribution is -0.117. The molecule has 0 spiro atoms. The number of thioether (sulfide) groups is 1. The number of hydrogen-bond acceptors (Lipinski definition) is 3. The number of nitrogens with zero attached hydrogens (tertiary/aromatic N) is 3. The molecule has 6 heteroatoms. The topological polar surface area (TPSA) is 47.9 Å². The lowest BCUT2D eigenvalue weighted by Gasteiger charge is -2.36. The SMILES string of the molecule is CN=C(NCc1ccc(N2CCCC2=O)cc1)N1CCSC(C(C)C)C1. The molecule has 0 bridgehead atoms. The molecule has 0 radical (unpaired) electrons. The summed E-state index contributed by atoms with van der Waals surface area (Å²) in [7, 11) is 1.86. The van der Waals surface area contributed by atoms with Gasteiger partial charge in [-0.15, -0.1) is 0 Å². The zero-order chi connectivity index (χ0) is 18.5. The van der Waals surface area contributed by atoms with Crippen molar-refractivity contribution in [1.82, 2.24) is 10.2 Å². The molecular formula is C20H30N4OS. The summed E-state index contributed by atoms with van der Waals surface area (Å²) in [5, 5.41) is 4.17. The second kappa shape index (κ2) is 8.80. The summed E-state index contributed by atoms with van der Waals surface area (Å²) in [4.78, 5) is 20.6. The lowest BCUT2D eigenvalue weighted by Crippen LogP contribution is -2.48. The van der Waals surface area contributed by atoms with Crippen LogP contribution in [0.2, 0.25) is 0 Å². The Labute approximate surface area is 161 Å². The van der Waals surface area contributed by atoms with Crippen LogP contribution >= 0.6 is 11.8 Å². The van der Waals surface area contributed by atoms with Gasteiger partial charge in [-0.1, -0.05) is 26.0 Å². The van der Waals surface area contributed by atoms with Gasteiger partial charge in [0.2, 0.25) is 5.91 Å². The summed E-state index contributed by atoms with van der Waals surface area (Å²) in [5.74, 6) is 3.05. The predicted octanol–water partition coefficient (Wildman–Crippen LogP) is 2.96. The Hall–Kier alpha value is -1.69. The number of amides is 1. The van der Waals surface area contributed by atoms with E-state index >= 15 is 0 Å². The number of rotatable bonds is 4. The van der Waals surface area contributed by atoms with Gasteiger partial charge in [-0.2, -0.15) is 11.8 Å². The smallest absolute Gasteiger partial charge is 0.227 e. The Kier molecular flexibility index (Phi) is 6.46. The van der Waals surface area contributed by atoms with Crippen molar-refractivity contribution in [2.75, 3.05) is 37.3 Å². The molecule has 2 heterocycles. The molecule has 26 heavy (non-hydrogen) atoms. The fraction of sp³-hybridized carbons (Fsp3) is 0.600. The first-order chi connectivity index (χ1) is 12.6. The van der Waals surface area contributed by atoms with Gasteiger partial charge >= 0.3 is 0 Å². The predicted molar refractivity (Wildman–Crippen MR) is 111 cm³/mol. The van der Waals surface area contributed by atoms with E-state index < -0.39 is 0 Å². The minimum absolute atomic E-state index is 0.235. The Morgan fingerprint density at radius 2 is 2.08 bits per heavy atom. The van der Waals surface area contributed by atoms with Crippen molar-refractivity contribution in [3.63, 3.8) is 0 Å². The van der Waals surface area contributed by atoms with Gasteiger partial charge in [0.15, 0.2) is 5.96 Å². The molecule has 142 valence electrons. The summed E-state index contributed by atoms with van der Waals surface area (Å²) in [5.41, 5.74) is 2.21. The van der Waals surface area contributed by atoms with Crippen LogP contribution in [-0.2, 0) is 11.3 Å². The van der Waals surface area contributed by atoms with Crippen LogP contribution in [0.1, 0.15) is 32.3 Å². The molecule has 5 nitrogen and oxygen atoms in total. The van der Waals surface area contributed by atoms with Crippen LogP contribution in [0.3, 0.4) is 0 Å². The zero-order valence-corrected chi connectivity index (χ0v) is 16.9. The largest absolute Gasteiger partial charge is 0.352 e. The Balaban J connectivity index is 1.56. The highest BCUT2D eigenvalue weighted by molar-refractivity contribution is 8.00. The molecule has 1 aromatic rings. The molecule has 1 amide bonds. The van der Waals surface area contributed by atoms with Crippen molar-refractivity contribution in [3.05, 3.63) is 29.8 Å². The highest BCUT2D eigenvalue weighted by Gasteiger charge is 2.25. The summed E-state index contributed by atoms with van der Waals surface area (Å²) >= 11 is 2.07.